The molecule has 0 amide bonds. The molecule has 0 unspecified atom stereocenters. The van der Waals surface area contributed by atoms with Gasteiger partial charge in [-0.3, -0.25) is 4.55 Å². The average Bonchev–Trinajstić information content (AvgIpc) is 2.66. The molecule has 0 heterocycles. The van der Waals surface area contributed by atoms with E-state index in [2.05, 4.69) is 48.5 Å². The summed E-state index contributed by atoms with van der Waals surface area (Å²) in [6, 6.07) is 27.4. The van der Waals surface area contributed by atoms with E-state index < -0.39 is 10.1 Å². The number of hydrogen-bond acceptors (Lipinski definition) is 2. The van der Waals surface area contributed by atoms with E-state index in [1.807, 2.05) is 12.1 Å². The zero-order chi connectivity index (χ0) is 18.4. The molecule has 3 nitrogen and oxygen atoms in total. The number of rotatable bonds is 7. The first kappa shape index (κ1) is 18.4. The van der Waals surface area contributed by atoms with Crippen LogP contribution in [0.1, 0.15) is 35.4 Å². The Kier molecular flexibility index (Phi) is 5.86. The van der Waals surface area contributed by atoms with E-state index >= 15 is 0 Å². The molecule has 0 bridgehead atoms. The third-order valence-electron chi connectivity index (χ3n) is 4.58. The lowest BCUT2D eigenvalue weighted by Gasteiger charge is -2.18. The highest BCUT2D eigenvalue weighted by atomic mass is 32.2. The number of aryl methyl sites for hydroxylation is 1. The van der Waals surface area contributed by atoms with E-state index in [0.29, 0.717) is 5.92 Å². The van der Waals surface area contributed by atoms with Crippen molar-refractivity contribution in [3.8, 4) is 0 Å². The van der Waals surface area contributed by atoms with E-state index in [0.717, 1.165) is 24.8 Å². The molecule has 0 radical (unpaired) electrons. The maximum Gasteiger partial charge on any atom is 0.294 e. The van der Waals surface area contributed by atoms with Crippen LogP contribution in [0.2, 0.25) is 0 Å². The van der Waals surface area contributed by atoms with Crippen molar-refractivity contribution in [3.63, 3.8) is 0 Å². The standard InChI is InChI=1S/C22H22O3S/c23-26(24,25)21-16-14-18(15-17-21)8-7-13-22(19-9-3-1-4-10-19)20-11-5-2-6-12-20/h1-6,9-12,14-17,22H,7-8,13H2,(H,23,24,25). The fourth-order valence-electron chi connectivity index (χ4n) is 3.23. The Morgan fingerprint density at radius 3 is 1.69 bits per heavy atom. The second kappa shape index (κ2) is 8.30. The summed E-state index contributed by atoms with van der Waals surface area (Å²) in [5.41, 5.74) is 3.68. The zero-order valence-electron chi connectivity index (χ0n) is 14.5. The molecule has 1 N–H and O–H groups in total. The molecule has 0 aromatic heterocycles. The summed E-state index contributed by atoms with van der Waals surface area (Å²) in [6.45, 7) is 0. The van der Waals surface area contributed by atoms with Gasteiger partial charge in [0.15, 0.2) is 0 Å². The first-order valence-corrected chi connectivity index (χ1v) is 10.1. The summed E-state index contributed by atoms with van der Waals surface area (Å²) in [5, 5.41) is 0. The fourth-order valence-corrected chi connectivity index (χ4v) is 3.71. The summed E-state index contributed by atoms with van der Waals surface area (Å²) >= 11 is 0. The first-order chi connectivity index (χ1) is 12.5. The van der Waals surface area contributed by atoms with Crippen LogP contribution in [0.5, 0.6) is 0 Å². The van der Waals surface area contributed by atoms with Gasteiger partial charge in [0.05, 0.1) is 4.90 Å². The Labute approximate surface area is 155 Å². The van der Waals surface area contributed by atoms with Gasteiger partial charge >= 0.3 is 0 Å². The average molecular weight is 366 g/mol. The van der Waals surface area contributed by atoms with Gasteiger partial charge < -0.3 is 0 Å². The van der Waals surface area contributed by atoms with E-state index in [1.54, 1.807) is 12.1 Å². The van der Waals surface area contributed by atoms with Crippen molar-refractivity contribution in [1.82, 2.24) is 0 Å². The highest BCUT2D eigenvalue weighted by molar-refractivity contribution is 7.85. The van der Waals surface area contributed by atoms with Gasteiger partial charge in [-0.15, -0.1) is 0 Å². The van der Waals surface area contributed by atoms with Crippen molar-refractivity contribution < 1.29 is 13.0 Å². The second-order valence-corrected chi connectivity index (χ2v) is 7.81. The molecule has 0 aliphatic heterocycles. The smallest absolute Gasteiger partial charge is 0.282 e. The van der Waals surface area contributed by atoms with Crippen molar-refractivity contribution in [2.75, 3.05) is 0 Å². The maximum atomic E-state index is 11.1. The molecule has 26 heavy (non-hydrogen) atoms. The summed E-state index contributed by atoms with van der Waals surface area (Å²) in [4.78, 5) is -0.0623. The quantitative estimate of drug-likeness (QED) is 0.593. The molecule has 0 spiro atoms. The van der Waals surface area contributed by atoms with Gasteiger partial charge in [-0.05, 0) is 48.1 Å². The van der Waals surface area contributed by atoms with Crippen LogP contribution < -0.4 is 0 Å². The lowest BCUT2D eigenvalue weighted by molar-refractivity contribution is 0.483. The molecule has 3 aromatic carbocycles. The second-order valence-electron chi connectivity index (χ2n) is 6.39. The fraction of sp³-hybridized carbons (Fsp3) is 0.182. The van der Waals surface area contributed by atoms with Crippen LogP contribution in [-0.4, -0.2) is 13.0 Å². The zero-order valence-corrected chi connectivity index (χ0v) is 15.3. The van der Waals surface area contributed by atoms with Gasteiger partial charge in [0.25, 0.3) is 10.1 Å². The first-order valence-electron chi connectivity index (χ1n) is 8.70. The van der Waals surface area contributed by atoms with Gasteiger partial charge in [0.2, 0.25) is 0 Å². The van der Waals surface area contributed by atoms with Gasteiger partial charge in [0, 0.05) is 5.92 Å². The predicted octanol–water partition coefficient (Wildman–Crippen LogP) is 5.09. The van der Waals surface area contributed by atoms with E-state index in [4.69, 9.17) is 4.55 Å². The normalized spacial score (nSPS) is 11.6. The molecule has 3 rings (SSSR count). The minimum absolute atomic E-state index is 0.0623. The van der Waals surface area contributed by atoms with E-state index in [1.165, 1.54) is 23.3 Å². The molecule has 134 valence electrons. The van der Waals surface area contributed by atoms with Crippen LogP contribution in [0.25, 0.3) is 0 Å². The Morgan fingerprint density at radius 1 is 0.731 bits per heavy atom. The van der Waals surface area contributed by atoms with E-state index in [-0.39, 0.29) is 4.90 Å². The topological polar surface area (TPSA) is 54.4 Å². The summed E-state index contributed by atoms with van der Waals surface area (Å²) in [7, 11) is -4.13. The van der Waals surface area contributed by atoms with Crippen molar-refractivity contribution >= 4 is 10.1 Å². The Balaban J connectivity index is 1.69. The summed E-state index contributed by atoms with van der Waals surface area (Å²) in [5.74, 6) is 0.342. The monoisotopic (exact) mass is 366 g/mol. The molecule has 0 atom stereocenters. The van der Waals surface area contributed by atoms with Crippen LogP contribution >= 0.6 is 0 Å². The highest BCUT2D eigenvalue weighted by Crippen LogP contribution is 2.29. The predicted molar refractivity (Wildman–Crippen MR) is 104 cm³/mol. The van der Waals surface area contributed by atoms with Crippen molar-refractivity contribution in [2.45, 2.75) is 30.1 Å². The van der Waals surface area contributed by atoms with Crippen molar-refractivity contribution in [1.29, 1.82) is 0 Å². The third kappa shape index (κ3) is 4.81. The molecule has 4 heteroatoms. The van der Waals surface area contributed by atoms with Crippen molar-refractivity contribution in [3.05, 3.63) is 102 Å². The van der Waals surface area contributed by atoms with Crippen LogP contribution in [-0.2, 0) is 16.5 Å². The SMILES string of the molecule is O=S(=O)(O)c1ccc(CCCC(c2ccccc2)c2ccccc2)cc1. The largest absolute Gasteiger partial charge is 0.294 e. The molecule has 0 saturated carbocycles. The van der Waals surface area contributed by atoms with Crippen LogP contribution in [0.3, 0.4) is 0 Å². The van der Waals surface area contributed by atoms with Gasteiger partial charge in [-0.1, -0.05) is 72.8 Å². The van der Waals surface area contributed by atoms with Crippen LogP contribution in [0.15, 0.2) is 89.8 Å². The van der Waals surface area contributed by atoms with Gasteiger partial charge in [-0.25, -0.2) is 0 Å². The maximum absolute atomic E-state index is 11.1. The number of hydrogen-bond donors (Lipinski definition) is 1. The Bertz CT molecular complexity index is 879. The molecule has 3 aromatic rings. The summed E-state index contributed by atoms with van der Waals surface area (Å²) in [6.07, 6.45) is 2.86. The van der Waals surface area contributed by atoms with Crippen LogP contribution in [0, 0.1) is 0 Å². The van der Waals surface area contributed by atoms with Crippen molar-refractivity contribution in [2.24, 2.45) is 0 Å². The van der Waals surface area contributed by atoms with Crippen LogP contribution in [0.4, 0.5) is 0 Å². The molecule has 0 fully saturated rings. The Hall–Kier alpha value is -2.43. The van der Waals surface area contributed by atoms with Gasteiger partial charge in [0.1, 0.15) is 0 Å². The van der Waals surface area contributed by atoms with E-state index in [9.17, 15) is 8.42 Å². The minimum Gasteiger partial charge on any atom is -0.282 e. The molecule has 0 aliphatic carbocycles. The lowest BCUT2D eigenvalue weighted by Crippen LogP contribution is -2.02. The minimum atomic E-state index is -4.13. The van der Waals surface area contributed by atoms with Gasteiger partial charge in [-0.2, -0.15) is 8.42 Å². The molecule has 0 aliphatic rings. The molecular weight excluding hydrogens is 344 g/mol. The summed E-state index contributed by atoms with van der Waals surface area (Å²) < 4.78 is 31.3. The number of benzene rings is 3. The highest BCUT2D eigenvalue weighted by Gasteiger charge is 2.14. The molecular formula is C22H22O3S. The Morgan fingerprint density at radius 2 is 1.23 bits per heavy atom. The lowest BCUT2D eigenvalue weighted by atomic mass is 9.86. The molecule has 0 saturated heterocycles. The third-order valence-corrected chi connectivity index (χ3v) is 5.45.